The molecule has 0 aromatic heterocycles. The van der Waals surface area contributed by atoms with Crippen LogP contribution in [0, 0.1) is 0 Å². The SMILES string of the molecule is CC/C=C/CCCCCCCCCN. The van der Waals surface area contributed by atoms with E-state index in [1.165, 1.54) is 57.8 Å². The van der Waals surface area contributed by atoms with Crippen LogP contribution < -0.4 is 5.73 Å². The molecule has 0 radical (unpaired) electrons. The highest BCUT2D eigenvalue weighted by Gasteiger charge is 1.89. The molecule has 2 N–H and O–H groups in total. The average molecular weight is 197 g/mol. The molecule has 0 aromatic rings. The van der Waals surface area contributed by atoms with Gasteiger partial charge in [-0.2, -0.15) is 0 Å². The van der Waals surface area contributed by atoms with E-state index in [1.807, 2.05) is 0 Å². The third-order valence-electron chi connectivity index (χ3n) is 2.48. The van der Waals surface area contributed by atoms with Crippen LogP contribution in [0.25, 0.3) is 0 Å². The van der Waals surface area contributed by atoms with Crippen molar-refractivity contribution < 1.29 is 0 Å². The number of unbranched alkanes of at least 4 members (excludes halogenated alkanes) is 7. The molecule has 0 bridgehead atoms. The van der Waals surface area contributed by atoms with E-state index in [0.717, 1.165) is 6.54 Å². The summed E-state index contributed by atoms with van der Waals surface area (Å²) in [5, 5.41) is 0. The Balaban J connectivity index is 2.88. The van der Waals surface area contributed by atoms with E-state index in [2.05, 4.69) is 19.1 Å². The van der Waals surface area contributed by atoms with Gasteiger partial charge < -0.3 is 5.73 Å². The Kier molecular flexibility index (Phi) is 12.4. The first-order valence-electron chi connectivity index (χ1n) is 6.27. The van der Waals surface area contributed by atoms with Gasteiger partial charge in [-0.05, 0) is 32.2 Å². The van der Waals surface area contributed by atoms with Crippen LogP contribution in [-0.4, -0.2) is 6.54 Å². The summed E-state index contributed by atoms with van der Waals surface area (Å²) in [5.74, 6) is 0. The zero-order chi connectivity index (χ0) is 10.5. The topological polar surface area (TPSA) is 26.0 Å². The number of hydrogen-bond acceptors (Lipinski definition) is 1. The molecular weight excluding hydrogens is 170 g/mol. The van der Waals surface area contributed by atoms with E-state index in [9.17, 15) is 0 Å². The molecule has 1 heteroatoms. The molecule has 0 fully saturated rings. The first kappa shape index (κ1) is 13.7. The molecule has 14 heavy (non-hydrogen) atoms. The fourth-order valence-corrected chi connectivity index (χ4v) is 1.57. The van der Waals surface area contributed by atoms with Crippen molar-refractivity contribution in [3.05, 3.63) is 12.2 Å². The van der Waals surface area contributed by atoms with Gasteiger partial charge in [0.15, 0.2) is 0 Å². The Morgan fingerprint density at radius 2 is 1.36 bits per heavy atom. The highest BCUT2D eigenvalue weighted by atomic mass is 14.5. The Morgan fingerprint density at radius 3 is 1.93 bits per heavy atom. The Labute approximate surface area is 89.8 Å². The molecule has 0 aromatic carbocycles. The Bertz CT molecular complexity index is 118. The lowest BCUT2D eigenvalue weighted by molar-refractivity contribution is 0.584. The van der Waals surface area contributed by atoms with Gasteiger partial charge in [0.1, 0.15) is 0 Å². The summed E-state index contributed by atoms with van der Waals surface area (Å²) in [7, 11) is 0. The van der Waals surface area contributed by atoms with Crippen molar-refractivity contribution in [1.29, 1.82) is 0 Å². The summed E-state index contributed by atoms with van der Waals surface area (Å²) in [6.45, 7) is 3.05. The second-order valence-electron chi connectivity index (χ2n) is 3.93. The highest BCUT2D eigenvalue weighted by Crippen LogP contribution is 2.08. The molecule has 0 heterocycles. The standard InChI is InChI=1S/C13H27N/c1-2-3-4-5-6-7-8-9-10-11-12-13-14/h3-4H,2,5-14H2,1H3/b4-3+. The van der Waals surface area contributed by atoms with Crippen LogP contribution in [-0.2, 0) is 0 Å². The van der Waals surface area contributed by atoms with Crippen LogP contribution in [0.4, 0.5) is 0 Å². The minimum Gasteiger partial charge on any atom is -0.330 e. The predicted octanol–water partition coefficient (Wildman–Crippen LogP) is 4.03. The molecule has 0 unspecified atom stereocenters. The van der Waals surface area contributed by atoms with E-state index in [-0.39, 0.29) is 0 Å². The fraction of sp³-hybridized carbons (Fsp3) is 0.846. The molecule has 0 saturated heterocycles. The van der Waals surface area contributed by atoms with E-state index in [1.54, 1.807) is 0 Å². The lowest BCUT2D eigenvalue weighted by atomic mass is 10.1. The maximum Gasteiger partial charge on any atom is -0.00773 e. The largest absolute Gasteiger partial charge is 0.330 e. The monoisotopic (exact) mass is 197 g/mol. The number of hydrogen-bond donors (Lipinski definition) is 1. The van der Waals surface area contributed by atoms with E-state index in [4.69, 9.17) is 5.73 Å². The van der Waals surface area contributed by atoms with Gasteiger partial charge in [-0.15, -0.1) is 0 Å². The van der Waals surface area contributed by atoms with Crippen LogP contribution in [0.15, 0.2) is 12.2 Å². The lowest BCUT2D eigenvalue weighted by Gasteiger charge is -1.99. The summed E-state index contributed by atoms with van der Waals surface area (Å²) in [4.78, 5) is 0. The van der Waals surface area contributed by atoms with Crippen LogP contribution >= 0.6 is 0 Å². The van der Waals surface area contributed by atoms with E-state index >= 15 is 0 Å². The number of allylic oxidation sites excluding steroid dienone is 2. The molecule has 0 amide bonds. The maximum atomic E-state index is 5.43. The van der Waals surface area contributed by atoms with Crippen molar-refractivity contribution in [3.63, 3.8) is 0 Å². The zero-order valence-corrected chi connectivity index (χ0v) is 9.80. The summed E-state index contributed by atoms with van der Waals surface area (Å²) in [6, 6.07) is 0. The van der Waals surface area contributed by atoms with E-state index < -0.39 is 0 Å². The van der Waals surface area contributed by atoms with Gasteiger partial charge in [-0.3, -0.25) is 0 Å². The second-order valence-corrected chi connectivity index (χ2v) is 3.93. The molecular formula is C13H27N. The quantitative estimate of drug-likeness (QED) is 0.415. The van der Waals surface area contributed by atoms with Crippen LogP contribution in [0.1, 0.15) is 64.7 Å². The third kappa shape index (κ3) is 11.7. The van der Waals surface area contributed by atoms with Crippen molar-refractivity contribution in [2.24, 2.45) is 5.73 Å². The van der Waals surface area contributed by atoms with Crippen molar-refractivity contribution in [3.8, 4) is 0 Å². The van der Waals surface area contributed by atoms with Gasteiger partial charge in [0.25, 0.3) is 0 Å². The highest BCUT2D eigenvalue weighted by molar-refractivity contribution is 4.79. The zero-order valence-electron chi connectivity index (χ0n) is 9.80. The smallest absolute Gasteiger partial charge is 0.00773 e. The fourth-order valence-electron chi connectivity index (χ4n) is 1.57. The Morgan fingerprint density at radius 1 is 0.786 bits per heavy atom. The third-order valence-corrected chi connectivity index (χ3v) is 2.48. The molecule has 1 nitrogen and oxygen atoms in total. The second kappa shape index (κ2) is 12.7. The van der Waals surface area contributed by atoms with Crippen molar-refractivity contribution >= 4 is 0 Å². The molecule has 0 spiro atoms. The van der Waals surface area contributed by atoms with Gasteiger partial charge in [0.2, 0.25) is 0 Å². The summed E-state index contributed by atoms with van der Waals surface area (Å²) in [6.07, 6.45) is 16.5. The van der Waals surface area contributed by atoms with Gasteiger partial charge in [-0.25, -0.2) is 0 Å². The molecule has 0 aliphatic heterocycles. The molecule has 84 valence electrons. The van der Waals surface area contributed by atoms with E-state index in [0.29, 0.717) is 0 Å². The molecule has 0 rings (SSSR count). The molecule has 0 aliphatic carbocycles. The summed E-state index contributed by atoms with van der Waals surface area (Å²) >= 11 is 0. The first-order valence-corrected chi connectivity index (χ1v) is 6.27. The normalized spacial score (nSPS) is 11.3. The van der Waals surface area contributed by atoms with Gasteiger partial charge in [0.05, 0.1) is 0 Å². The maximum absolute atomic E-state index is 5.43. The van der Waals surface area contributed by atoms with Gasteiger partial charge in [0, 0.05) is 0 Å². The van der Waals surface area contributed by atoms with Gasteiger partial charge in [-0.1, -0.05) is 51.2 Å². The minimum absolute atomic E-state index is 0.863. The Hall–Kier alpha value is -0.300. The number of nitrogens with two attached hydrogens (primary N) is 1. The number of rotatable bonds is 10. The average Bonchev–Trinajstić information content (AvgIpc) is 2.21. The molecule has 0 atom stereocenters. The van der Waals surface area contributed by atoms with Crippen molar-refractivity contribution in [1.82, 2.24) is 0 Å². The summed E-state index contributed by atoms with van der Waals surface area (Å²) in [5.41, 5.74) is 5.43. The van der Waals surface area contributed by atoms with Crippen LogP contribution in [0.5, 0.6) is 0 Å². The van der Waals surface area contributed by atoms with Crippen LogP contribution in [0.3, 0.4) is 0 Å². The van der Waals surface area contributed by atoms with Crippen molar-refractivity contribution in [2.75, 3.05) is 6.54 Å². The van der Waals surface area contributed by atoms with Crippen molar-refractivity contribution in [2.45, 2.75) is 64.7 Å². The van der Waals surface area contributed by atoms with Crippen LogP contribution in [0.2, 0.25) is 0 Å². The first-order chi connectivity index (χ1) is 6.91. The summed E-state index contributed by atoms with van der Waals surface area (Å²) < 4.78 is 0. The minimum atomic E-state index is 0.863. The lowest BCUT2D eigenvalue weighted by Crippen LogP contribution is -1.97. The molecule has 0 saturated carbocycles. The predicted molar refractivity (Wildman–Crippen MR) is 65.4 cm³/mol. The van der Waals surface area contributed by atoms with Gasteiger partial charge >= 0.3 is 0 Å². The molecule has 0 aliphatic rings.